The Bertz CT molecular complexity index is 530. The van der Waals surface area contributed by atoms with Crippen molar-refractivity contribution < 1.29 is 8.78 Å². The summed E-state index contributed by atoms with van der Waals surface area (Å²) >= 11 is 5.75. The number of halogens is 3. The second kappa shape index (κ2) is 4.84. The van der Waals surface area contributed by atoms with Crippen molar-refractivity contribution in [2.75, 3.05) is 0 Å². The van der Waals surface area contributed by atoms with E-state index in [-0.39, 0.29) is 0 Å². The molecule has 0 saturated heterocycles. The van der Waals surface area contributed by atoms with Crippen molar-refractivity contribution in [3.63, 3.8) is 0 Å². The van der Waals surface area contributed by atoms with Gasteiger partial charge in [0.2, 0.25) is 0 Å². The molecule has 2 aromatic rings. The Labute approximate surface area is 104 Å². The molecule has 0 heterocycles. The summed E-state index contributed by atoms with van der Waals surface area (Å²) in [5.74, 6) is -0.767. The van der Waals surface area contributed by atoms with Gasteiger partial charge in [-0.15, -0.1) is 11.6 Å². The quantitative estimate of drug-likeness (QED) is 0.681. The lowest BCUT2D eigenvalue weighted by Crippen LogP contribution is -1.89. The zero-order chi connectivity index (χ0) is 12.4. The van der Waals surface area contributed by atoms with Gasteiger partial charge in [0, 0.05) is 11.9 Å². The van der Waals surface area contributed by atoms with E-state index in [9.17, 15) is 8.78 Å². The van der Waals surface area contributed by atoms with E-state index in [1.807, 2.05) is 25.1 Å². The number of aryl methyl sites for hydroxylation is 1. The Morgan fingerprint density at radius 2 is 1.65 bits per heavy atom. The molecule has 0 atom stereocenters. The van der Waals surface area contributed by atoms with E-state index in [1.165, 1.54) is 12.1 Å². The van der Waals surface area contributed by atoms with E-state index in [0.29, 0.717) is 11.4 Å². The molecule has 0 saturated carbocycles. The number of alkyl halides is 1. The molecule has 0 amide bonds. The lowest BCUT2D eigenvalue weighted by atomic mass is 9.98. The van der Waals surface area contributed by atoms with E-state index in [0.717, 1.165) is 22.8 Å². The molecule has 0 unspecified atom stereocenters. The molecule has 0 bridgehead atoms. The van der Waals surface area contributed by atoms with Crippen molar-refractivity contribution >= 4 is 11.6 Å². The number of benzene rings is 2. The monoisotopic (exact) mass is 252 g/mol. The first-order valence-electron chi connectivity index (χ1n) is 5.22. The summed E-state index contributed by atoms with van der Waals surface area (Å²) in [7, 11) is 0. The molecular formula is C14H11ClF2. The van der Waals surface area contributed by atoms with Crippen LogP contribution < -0.4 is 0 Å². The third-order valence-electron chi connectivity index (χ3n) is 2.63. The molecule has 0 aliphatic heterocycles. The summed E-state index contributed by atoms with van der Waals surface area (Å²) in [6.07, 6.45) is 0. The van der Waals surface area contributed by atoms with Crippen LogP contribution in [0.3, 0.4) is 0 Å². The fraction of sp³-hybridized carbons (Fsp3) is 0.143. The third kappa shape index (κ3) is 2.64. The maximum Gasteiger partial charge on any atom is 0.126 e. The largest absolute Gasteiger partial charge is 0.207 e. The van der Waals surface area contributed by atoms with Crippen LogP contribution in [0.2, 0.25) is 0 Å². The second-order valence-corrected chi connectivity index (χ2v) is 4.21. The molecule has 0 spiro atoms. The van der Waals surface area contributed by atoms with Crippen LogP contribution >= 0.6 is 11.6 Å². The van der Waals surface area contributed by atoms with Crippen LogP contribution in [0.5, 0.6) is 0 Å². The molecule has 0 fully saturated rings. The molecule has 0 aromatic heterocycles. The van der Waals surface area contributed by atoms with Crippen molar-refractivity contribution in [2.45, 2.75) is 12.8 Å². The third-order valence-corrected chi connectivity index (χ3v) is 2.94. The minimum absolute atomic E-state index is 0.380. The van der Waals surface area contributed by atoms with Gasteiger partial charge in [-0.05, 0) is 47.4 Å². The maximum atomic E-state index is 13.2. The molecular weight excluding hydrogens is 242 g/mol. The normalized spacial score (nSPS) is 10.6. The summed E-state index contributed by atoms with van der Waals surface area (Å²) in [6.45, 7) is 1.90. The SMILES string of the molecule is Cc1ccc(CCl)cc1-c1cc(F)cc(F)c1. The predicted octanol–water partition coefficient (Wildman–Crippen LogP) is 4.68. The van der Waals surface area contributed by atoms with E-state index < -0.39 is 11.6 Å². The van der Waals surface area contributed by atoms with Crippen molar-refractivity contribution in [1.82, 2.24) is 0 Å². The van der Waals surface area contributed by atoms with Crippen molar-refractivity contribution in [1.29, 1.82) is 0 Å². The van der Waals surface area contributed by atoms with E-state index in [4.69, 9.17) is 11.6 Å². The second-order valence-electron chi connectivity index (χ2n) is 3.94. The predicted molar refractivity (Wildman–Crippen MR) is 66.1 cm³/mol. The lowest BCUT2D eigenvalue weighted by molar-refractivity contribution is 0.584. The number of hydrogen-bond donors (Lipinski definition) is 0. The lowest BCUT2D eigenvalue weighted by Gasteiger charge is -2.08. The fourth-order valence-electron chi connectivity index (χ4n) is 1.77. The summed E-state index contributed by atoms with van der Waals surface area (Å²) in [5, 5.41) is 0. The number of rotatable bonds is 2. The molecule has 3 heteroatoms. The Morgan fingerprint density at radius 1 is 1.00 bits per heavy atom. The summed E-state index contributed by atoms with van der Waals surface area (Å²) < 4.78 is 26.3. The topological polar surface area (TPSA) is 0 Å². The molecule has 88 valence electrons. The van der Waals surface area contributed by atoms with Crippen LogP contribution in [0.1, 0.15) is 11.1 Å². The average molecular weight is 253 g/mol. The van der Waals surface area contributed by atoms with Crippen LogP contribution in [-0.2, 0) is 5.88 Å². The molecule has 0 radical (unpaired) electrons. The zero-order valence-electron chi connectivity index (χ0n) is 9.31. The molecule has 0 N–H and O–H groups in total. The highest BCUT2D eigenvalue weighted by Crippen LogP contribution is 2.26. The van der Waals surface area contributed by atoms with E-state index in [1.54, 1.807) is 0 Å². The Balaban J connectivity index is 2.58. The zero-order valence-corrected chi connectivity index (χ0v) is 10.1. The van der Waals surface area contributed by atoms with Crippen molar-refractivity contribution in [3.05, 3.63) is 59.2 Å². The minimum Gasteiger partial charge on any atom is -0.207 e. The van der Waals surface area contributed by atoms with Gasteiger partial charge in [0.25, 0.3) is 0 Å². The highest BCUT2D eigenvalue weighted by molar-refractivity contribution is 6.17. The van der Waals surface area contributed by atoms with Gasteiger partial charge in [-0.2, -0.15) is 0 Å². The van der Waals surface area contributed by atoms with Crippen LogP contribution in [-0.4, -0.2) is 0 Å². The molecule has 0 aliphatic carbocycles. The molecule has 0 aliphatic rings. The molecule has 17 heavy (non-hydrogen) atoms. The highest BCUT2D eigenvalue weighted by atomic mass is 35.5. The standard InChI is InChI=1S/C14H11ClF2/c1-9-2-3-10(8-15)4-14(9)11-5-12(16)7-13(17)6-11/h2-7H,8H2,1H3. The van der Waals surface area contributed by atoms with E-state index >= 15 is 0 Å². The first-order chi connectivity index (χ1) is 8.10. The van der Waals surface area contributed by atoms with Gasteiger partial charge in [-0.3, -0.25) is 0 Å². The fourth-order valence-corrected chi connectivity index (χ4v) is 1.94. The highest BCUT2D eigenvalue weighted by Gasteiger charge is 2.06. The number of hydrogen-bond acceptors (Lipinski definition) is 0. The summed E-state index contributed by atoms with van der Waals surface area (Å²) in [4.78, 5) is 0. The Kier molecular flexibility index (Phi) is 3.43. The maximum absolute atomic E-state index is 13.2. The van der Waals surface area contributed by atoms with Gasteiger partial charge in [-0.25, -0.2) is 8.78 Å². The van der Waals surface area contributed by atoms with Crippen molar-refractivity contribution in [2.24, 2.45) is 0 Å². The van der Waals surface area contributed by atoms with E-state index in [2.05, 4.69) is 0 Å². The summed E-state index contributed by atoms with van der Waals surface area (Å²) in [6, 6.07) is 9.17. The van der Waals surface area contributed by atoms with Gasteiger partial charge in [0.15, 0.2) is 0 Å². The average Bonchev–Trinajstić information content (AvgIpc) is 2.28. The molecule has 2 aromatic carbocycles. The van der Waals surface area contributed by atoms with Gasteiger partial charge >= 0.3 is 0 Å². The Hall–Kier alpha value is -1.41. The van der Waals surface area contributed by atoms with Crippen LogP contribution in [0.25, 0.3) is 11.1 Å². The van der Waals surface area contributed by atoms with Crippen LogP contribution in [0.4, 0.5) is 8.78 Å². The van der Waals surface area contributed by atoms with Gasteiger partial charge in [0.05, 0.1) is 0 Å². The van der Waals surface area contributed by atoms with Gasteiger partial charge < -0.3 is 0 Å². The van der Waals surface area contributed by atoms with Crippen molar-refractivity contribution in [3.8, 4) is 11.1 Å². The molecule has 0 nitrogen and oxygen atoms in total. The minimum atomic E-state index is -0.573. The van der Waals surface area contributed by atoms with Crippen LogP contribution in [0, 0.1) is 18.6 Å². The summed E-state index contributed by atoms with van der Waals surface area (Å²) in [5.41, 5.74) is 3.23. The Morgan fingerprint density at radius 3 is 2.24 bits per heavy atom. The van der Waals surface area contributed by atoms with Crippen LogP contribution in [0.15, 0.2) is 36.4 Å². The smallest absolute Gasteiger partial charge is 0.126 e. The van der Waals surface area contributed by atoms with Gasteiger partial charge in [0.1, 0.15) is 11.6 Å². The van der Waals surface area contributed by atoms with Gasteiger partial charge in [-0.1, -0.05) is 12.1 Å². The first kappa shape index (κ1) is 12.1. The first-order valence-corrected chi connectivity index (χ1v) is 5.75. The molecule has 2 rings (SSSR count).